The molecule has 1 amide bonds. The zero-order chi connectivity index (χ0) is 14.0. The van der Waals surface area contributed by atoms with Crippen molar-refractivity contribution in [2.24, 2.45) is 0 Å². The Kier molecular flexibility index (Phi) is 3.80. The maximum atomic E-state index is 12.5. The average Bonchev–Trinajstić information content (AvgIpc) is 2.50. The van der Waals surface area contributed by atoms with Crippen molar-refractivity contribution < 1.29 is 13.2 Å². The van der Waals surface area contributed by atoms with Crippen LogP contribution in [0.25, 0.3) is 0 Å². The third kappa shape index (κ3) is 3.07. The van der Waals surface area contributed by atoms with Crippen LogP contribution in [0.15, 0.2) is 18.2 Å². The summed E-state index contributed by atoms with van der Waals surface area (Å²) in [4.78, 5) is 14.0. The van der Waals surface area contributed by atoms with Crippen molar-refractivity contribution in [2.75, 3.05) is 30.3 Å². The predicted octanol–water partition coefficient (Wildman–Crippen LogP) is 0.838. The van der Waals surface area contributed by atoms with Crippen molar-refractivity contribution >= 4 is 21.4 Å². The van der Waals surface area contributed by atoms with E-state index in [-0.39, 0.29) is 24.0 Å². The molecule has 1 aromatic rings. The van der Waals surface area contributed by atoms with Crippen molar-refractivity contribution in [2.45, 2.75) is 13.3 Å². The minimum atomic E-state index is -3.01. The Morgan fingerprint density at radius 3 is 2.68 bits per heavy atom. The Morgan fingerprint density at radius 2 is 2.00 bits per heavy atom. The van der Waals surface area contributed by atoms with Gasteiger partial charge in [0.1, 0.15) is 0 Å². The van der Waals surface area contributed by atoms with Crippen molar-refractivity contribution in [3.63, 3.8) is 0 Å². The molecular weight excluding hydrogens is 264 g/mol. The van der Waals surface area contributed by atoms with Gasteiger partial charge in [-0.05, 0) is 25.0 Å². The number of rotatable bonds is 1. The van der Waals surface area contributed by atoms with Crippen LogP contribution in [0.3, 0.4) is 0 Å². The Balaban J connectivity index is 2.25. The van der Waals surface area contributed by atoms with E-state index in [4.69, 9.17) is 5.73 Å². The van der Waals surface area contributed by atoms with E-state index in [1.54, 1.807) is 17.0 Å². The van der Waals surface area contributed by atoms with Crippen LogP contribution in [0.4, 0.5) is 5.69 Å². The molecule has 0 unspecified atom stereocenters. The highest BCUT2D eigenvalue weighted by Crippen LogP contribution is 2.19. The van der Waals surface area contributed by atoms with E-state index in [0.29, 0.717) is 24.2 Å². The maximum absolute atomic E-state index is 12.5. The number of carbonyl (C=O) groups excluding carboxylic acids is 1. The van der Waals surface area contributed by atoms with Gasteiger partial charge in [0.05, 0.1) is 17.1 Å². The molecule has 19 heavy (non-hydrogen) atoms. The zero-order valence-electron chi connectivity index (χ0n) is 10.9. The summed E-state index contributed by atoms with van der Waals surface area (Å²) in [7, 11) is -3.01. The zero-order valence-corrected chi connectivity index (χ0v) is 11.7. The van der Waals surface area contributed by atoms with E-state index >= 15 is 0 Å². The van der Waals surface area contributed by atoms with Crippen LogP contribution >= 0.6 is 0 Å². The van der Waals surface area contributed by atoms with Gasteiger partial charge in [0, 0.05) is 18.8 Å². The van der Waals surface area contributed by atoms with Crippen LogP contribution in [0.1, 0.15) is 22.3 Å². The number of hydrogen-bond donors (Lipinski definition) is 1. The first-order chi connectivity index (χ1) is 8.91. The number of benzene rings is 1. The van der Waals surface area contributed by atoms with Crippen LogP contribution in [-0.2, 0) is 9.84 Å². The van der Waals surface area contributed by atoms with Gasteiger partial charge in [-0.3, -0.25) is 4.79 Å². The molecule has 1 heterocycles. The Morgan fingerprint density at radius 1 is 1.26 bits per heavy atom. The van der Waals surface area contributed by atoms with Gasteiger partial charge in [0.15, 0.2) is 9.84 Å². The van der Waals surface area contributed by atoms with Crippen molar-refractivity contribution in [3.8, 4) is 0 Å². The van der Waals surface area contributed by atoms with E-state index in [1.165, 1.54) is 0 Å². The fourth-order valence-corrected chi connectivity index (χ4v) is 3.55. The summed E-state index contributed by atoms with van der Waals surface area (Å²) in [5.41, 5.74) is 7.60. The molecule has 104 valence electrons. The normalized spacial score (nSPS) is 18.9. The SMILES string of the molecule is Cc1cccc(N)c1C(=O)N1CCCS(=O)(=O)CC1. The molecule has 2 rings (SSSR count). The molecule has 0 saturated carbocycles. The summed E-state index contributed by atoms with van der Waals surface area (Å²) >= 11 is 0. The molecule has 1 aliphatic rings. The Bertz CT molecular complexity index is 576. The Labute approximate surface area is 113 Å². The molecule has 0 spiro atoms. The van der Waals surface area contributed by atoms with E-state index in [9.17, 15) is 13.2 Å². The molecule has 0 radical (unpaired) electrons. The smallest absolute Gasteiger partial charge is 0.256 e. The van der Waals surface area contributed by atoms with Crippen LogP contribution in [-0.4, -0.2) is 43.8 Å². The number of hydrogen-bond acceptors (Lipinski definition) is 4. The summed E-state index contributed by atoms with van der Waals surface area (Å²) < 4.78 is 23.1. The van der Waals surface area contributed by atoms with E-state index < -0.39 is 9.84 Å². The van der Waals surface area contributed by atoms with Gasteiger partial charge < -0.3 is 10.6 Å². The molecule has 1 aromatic carbocycles. The number of nitrogen functional groups attached to an aromatic ring is 1. The fourth-order valence-electron chi connectivity index (χ4n) is 2.28. The topological polar surface area (TPSA) is 80.5 Å². The second-order valence-electron chi connectivity index (χ2n) is 4.84. The molecule has 1 saturated heterocycles. The van der Waals surface area contributed by atoms with Gasteiger partial charge in [-0.2, -0.15) is 0 Å². The minimum absolute atomic E-state index is 0.0323. The van der Waals surface area contributed by atoms with Crippen LogP contribution < -0.4 is 5.73 Å². The predicted molar refractivity (Wildman–Crippen MR) is 74.8 cm³/mol. The second kappa shape index (κ2) is 5.21. The summed E-state index contributed by atoms with van der Waals surface area (Å²) in [5, 5.41) is 0. The van der Waals surface area contributed by atoms with E-state index in [1.807, 2.05) is 13.0 Å². The first-order valence-electron chi connectivity index (χ1n) is 6.25. The molecule has 0 aliphatic carbocycles. The largest absolute Gasteiger partial charge is 0.398 e. The summed E-state index contributed by atoms with van der Waals surface area (Å²) in [6.45, 7) is 2.54. The van der Waals surface area contributed by atoms with Crippen molar-refractivity contribution in [1.82, 2.24) is 4.90 Å². The molecule has 0 bridgehead atoms. The lowest BCUT2D eigenvalue weighted by molar-refractivity contribution is 0.0769. The van der Waals surface area contributed by atoms with Crippen molar-refractivity contribution in [1.29, 1.82) is 0 Å². The number of anilines is 1. The molecule has 0 aromatic heterocycles. The third-order valence-corrected chi connectivity index (χ3v) is 5.08. The highest BCUT2D eigenvalue weighted by atomic mass is 32.2. The lowest BCUT2D eigenvalue weighted by Crippen LogP contribution is -2.34. The maximum Gasteiger partial charge on any atom is 0.256 e. The lowest BCUT2D eigenvalue weighted by atomic mass is 10.1. The quantitative estimate of drug-likeness (QED) is 0.774. The second-order valence-corrected chi connectivity index (χ2v) is 7.14. The summed E-state index contributed by atoms with van der Waals surface area (Å²) in [5.74, 6) is 0.0117. The number of nitrogens with zero attached hydrogens (tertiary/aromatic N) is 1. The number of aryl methyl sites for hydroxylation is 1. The summed E-state index contributed by atoms with van der Waals surface area (Å²) in [6, 6.07) is 5.32. The van der Waals surface area contributed by atoms with Gasteiger partial charge in [0.25, 0.3) is 5.91 Å². The van der Waals surface area contributed by atoms with Gasteiger partial charge >= 0.3 is 0 Å². The molecule has 2 N–H and O–H groups in total. The standard InChI is InChI=1S/C13H18N2O3S/c1-10-4-2-5-11(14)12(10)13(16)15-6-3-8-19(17,18)9-7-15/h2,4-5H,3,6-9,14H2,1H3. The number of amides is 1. The minimum Gasteiger partial charge on any atom is -0.398 e. The highest BCUT2D eigenvalue weighted by molar-refractivity contribution is 7.91. The molecule has 0 atom stereocenters. The van der Waals surface area contributed by atoms with E-state index in [2.05, 4.69) is 0 Å². The lowest BCUT2D eigenvalue weighted by Gasteiger charge is -2.21. The summed E-state index contributed by atoms with van der Waals surface area (Å²) in [6.07, 6.45) is 0.486. The first kappa shape index (κ1) is 13.9. The number of carbonyl (C=O) groups is 1. The average molecular weight is 282 g/mol. The number of sulfone groups is 1. The van der Waals surface area contributed by atoms with Crippen LogP contribution in [0.5, 0.6) is 0 Å². The van der Waals surface area contributed by atoms with Gasteiger partial charge in [-0.1, -0.05) is 12.1 Å². The van der Waals surface area contributed by atoms with Crippen LogP contribution in [0.2, 0.25) is 0 Å². The molecule has 6 heteroatoms. The first-order valence-corrected chi connectivity index (χ1v) is 8.07. The number of nitrogens with two attached hydrogens (primary N) is 1. The van der Waals surface area contributed by atoms with Crippen molar-refractivity contribution in [3.05, 3.63) is 29.3 Å². The molecule has 1 fully saturated rings. The highest BCUT2D eigenvalue weighted by Gasteiger charge is 2.25. The molecule has 1 aliphatic heterocycles. The molecule has 5 nitrogen and oxygen atoms in total. The monoisotopic (exact) mass is 282 g/mol. The third-order valence-electron chi connectivity index (χ3n) is 3.36. The van der Waals surface area contributed by atoms with Gasteiger partial charge in [0.2, 0.25) is 0 Å². The fraction of sp³-hybridized carbons (Fsp3) is 0.462. The Hall–Kier alpha value is -1.56. The molecular formula is C13H18N2O3S. The van der Waals surface area contributed by atoms with Crippen LogP contribution in [0, 0.1) is 6.92 Å². The van der Waals surface area contributed by atoms with E-state index in [0.717, 1.165) is 5.56 Å². The van der Waals surface area contributed by atoms with Gasteiger partial charge in [-0.25, -0.2) is 8.42 Å². The van der Waals surface area contributed by atoms with Gasteiger partial charge in [-0.15, -0.1) is 0 Å².